The van der Waals surface area contributed by atoms with Gasteiger partial charge in [-0.2, -0.15) is 0 Å². The molecule has 5 heteroatoms. The monoisotopic (exact) mass is 354 g/mol. The molecule has 0 saturated carbocycles. The van der Waals surface area contributed by atoms with E-state index in [-0.39, 0.29) is 0 Å². The van der Waals surface area contributed by atoms with Gasteiger partial charge in [-0.1, -0.05) is 29.8 Å². The minimum atomic E-state index is -0.500. The van der Waals surface area contributed by atoms with Gasteiger partial charge in [-0.25, -0.2) is 0 Å². The second kappa shape index (κ2) is 7.11. The molecule has 25 heavy (non-hydrogen) atoms. The van der Waals surface area contributed by atoms with Crippen LogP contribution in [0.25, 0.3) is 16.6 Å². The smallest absolute Gasteiger partial charge is 0.296 e. The molecular formula is C20H19ClN2O2. The third-order valence-corrected chi connectivity index (χ3v) is 4.55. The first kappa shape index (κ1) is 17.2. The molecular weight excluding hydrogens is 336 g/mol. The predicted molar refractivity (Wildman–Crippen MR) is 100 cm³/mol. The van der Waals surface area contributed by atoms with Gasteiger partial charge < -0.3 is 9.30 Å². The number of amides is 1. The highest BCUT2D eigenvalue weighted by Crippen LogP contribution is 2.29. The molecule has 0 bridgehead atoms. The molecule has 0 aliphatic carbocycles. The largest absolute Gasteiger partial charge is 0.336 e. The Kier molecular flexibility index (Phi) is 4.91. The molecule has 0 unspecified atom stereocenters. The van der Waals surface area contributed by atoms with Gasteiger partial charge >= 0.3 is 0 Å². The quantitative estimate of drug-likeness (QED) is 0.506. The zero-order valence-corrected chi connectivity index (χ0v) is 15.0. The Hall–Kier alpha value is -2.59. The maximum absolute atomic E-state index is 13.0. The van der Waals surface area contributed by atoms with Crippen molar-refractivity contribution in [2.24, 2.45) is 0 Å². The van der Waals surface area contributed by atoms with Crippen LogP contribution in [0.1, 0.15) is 24.3 Å². The highest BCUT2D eigenvalue weighted by Gasteiger charge is 2.27. The molecule has 0 fully saturated rings. The fourth-order valence-corrected chi connectivity index (χ4v) is 3.09. The standard InChI is InChI=1S/C20H19ClN2O2/c1-3-22(4-2)20(25)19(24)18-17(14-8-10-15(21)11-9-14)13-16-7-5-6-12-23(16)18/h5-13H,3-4H2,1-2H3. The van der Waals surface area contributed by atoms with Gasteiger partial charge in [0.2, 0.25) is 0 Å². The molecule has 0 atom stereocenters. The van der Waals surface area contributed by atoms with Crippen molar-refractivity contribution in [2.75, 3.05) is 13.1 Å². The number of carbonyl (C=O) groups is 2. The van der Waals surface area contributed by atoms with Gasteiger partial charge in [0.25, 0.3) is 11.7 Å². The van der Waals surface area contributed by atoms with Gasteiger partial charge in [0, 0.05) is 35.4 Å². The summed E-state index contributed by atoms with van der Waals surface area (Å²) in [7, 11) is 0. The molecule has 1 aromatic carbocycles. The van der Waals surface area contributed by atoms with Crippen LogP contribution < -0.4 is 0 Å². The van der Waals surface area contributed by atoms with Crippen LogP contribution in [0.15, 0.2) is 54.7 Å². The van der Waals surface area contributed by atoms with Crippen LogP contribution in [0.2, 0.25) is 5.02 Å². The molecule has 1 amide bonds. The van der Waals surface area contributed by atoms with Crippen molar-refractivity contribution in [1.82, 2.24) is 9.30 Å². The number of hydrogen-bond donors (Lipinski definition) is 0. The van der Waals surface area contributed by atoms with E-state index in [9.17, 15) is 9.59 Å². The molecule has 0 saturated heterocycles. The Morgan fingerprint density at radius 1 is 1.04 bits per heavy atom. The number of halogens is 1. The third-order valence-electron chi connectivity index (χ3n) is 4.29. The van der Waals surface area contributed by atoms with Crippen molar-refractivity contribution in [3.8, 4) is 11.1 Å². The number of nitrogens with zero attached hydrogens (tertiary/aromatic N) is 2. The topological polar surface area (TPSA) is 41.8 Å². The SMILES string of the molecule is CCN(CC)C(=O)C(=O)c1c(-c2ccc(Cl)cc2)cc2ccccn12. The molecule has 128 valence electrons. The van der Waals surface area contributed by atoms with E-state index < -0.39 is 11.7 Å². The first-order valence-corrected chi connectivity index (χ1v) is 8.64. The molecule has 4 nitrogen and oxygen atoms in total. The maximum atomic E-state index is 13.0. The Morgan fingerprint density at radius 3 is 2.36 bits per heavy atom. The second-order valence-electron chi connectivity index (χ2n) is 5.72. The lowest BCUT2D eigenvalue weighted by Crippen LogP contribution is -2.36. The van der Waals surface area contributed by atoms with Crippen molar-refractivity contribution in [3.05, 3.63) is 65.4 Å². The van der Waals surface area contributed by atoms with Crippen LogP contribution in [-0.2, 0) is 4.79 Å². The first-order valence-electron chi connectivity index (χ1n) is 8.26. The lowest BCUT2D eigenvalue weighted by atomic mass is 10.0. The fourth-order valence-electron chi connectivity index (χ4n) is 2.96. The number of hydrogen-bond acceptors (Lipinski definition) is 2. The van der Waals surface area contributed by atoms with E-state index in [2.05, 4.69) is 0 Å². The lowest BCUT2D eigenvalue weighted by molar-refractivity contribution is -0.126. The summed E-state index contributed by atoms with van der Waals surface area (Å²) in [6.07, 6.45) is 1.80. The lowest BCUT2D eigenvalue weighted by Gasteiger charge is -2.18. The Morgan fingerprint density at radius 2 is 1.72 bits per heavy atom. The van der Waals surface area contributed by atoms with Crippen LogP contribution in [0, 0.1) is 0 Å². The summed E-state index contributed by atoms with van der Waals surface area (Å²) in [5.74, 6) is -0.982. The van der Waals surface area contributed by atoms with Gasteiger partial charge in [0.05, 0.1) is 0 Å². The summed E-state index contributed by atoms with van der Waals surface area (Å²) in [6.45, 7) is 4.73. The molecule has 2 aromatic heterocycles. The Balaban J connectivity index is 2.18. The molecule has 0 radical (unpaired) electrons. The van der Waals surface area contributed by atoms with E-state index in [0.717, 1.165) is 16.6 Å². The summed E-state index contributed by atoms with van der Waals surface area (Å²) < 4.78 is 1.77. The number of likely N-dealkylation sites (N-methyl/N-ethyl adjacent to an activating group) is 1. The van der Waals surface area contributed by atoms with Crippen molar-refractivity contribution < 1.29 is 9.59 Å². The number of Topliss-reactive ketones (excluding diaryl/α,β-unsaturated/α-hetero) is 1. The van der Waals surface area contributed by atoms with E-state index in [0.29, 0.717) is 23.8 Å². The zero-order valence-electron chi connectivity index (χ0n) is 14.2. The van der Waals surface area contributed by atoms with Crippen LogP contribution >= 0.6 is 11.6 Å². The normalized spacial score (nSPS) is 10.8. The fraction of sp³-hybridized carbons (Fsp3) is 0.200. The van der Waals surface area contributed by atoms with Gasteiger partial charge in [0.1, 0.15) is 5.69 Å². The number of carbonyl (C=O) groups excluding carboxylic acids is 2. The average Bonchev–Trinajstić information content (AvgIpc) is 3.02. The minimum Gasteiger partial charge on any atom is -0.336 e. The van der Waals surface area contributed by atoms with Crippen LogP contribution in [-0.4, -0.2) is 34.1 Å². The summed E-state index contributed by atoms with van der Waals surface area (Å²) in [6, 6.07) is 14.9. The summed E-state index contributed by atoms with van der Waals surface area (Å²) in [5, 5.41) is 0.625. The van der Waals surface area contributed by atoms with E-state index in [4.69, 9.17) is 11.6 Å². The predicted octanol–water partition coefficient (Wildman–Crippen LogP) is 4.31. The van der Waals surface area contributed by atoms with Crippen molar-refractivity contribution in [1.29, 1.82) is 0 Å². The van der Waals surface area contributed by atoms with Gasteiger partial charge in [-0.15, -0.1) is 0 Å². The summed E-state index contributed by atoms with van der Waals surface area (Å²) >= 11 is 5.98. The molecule has 3 rings (SSSR count). The van der Waals surface area contributed by atoms with E-state index in [1.54, 1.807) is 22.7 Å². The van der Waals surface area contributed by atoms with Gasteiger partial charge in [0.15, 0.2) is 0 Å². The summed E-state index contributed by atoms with van der Waals surface area (Å²) in [5.41, 5.74) is 2.83. The minimum absolute atomic E-state index is 0.384. The molecule has 3 aromatic rings. The second-order valence-corrected chi connectivity index (χ2v) is 6.15. The van der Waals surface area contributed by atoms with Gasteiger partial charge in [-0.05, 0) is 49.7 Å². The van der Waals surface area contributed by atoms with Crippen molar-refractivity contribution in [2.45, 2.75) is 13.8 Å². The van der Waals surface area contributed by atoms with Gasteiger partial charge in [-0.3, -0.25) is 9.59 Å². The summed E-state index contributed by atoms with van der Waals surface area (Å²) in [4.78, 5) is 27.2. The Bertz CT molecular complexity index is 925. The third kappa shape index (κ3) is 3.17. The van der Waals surface area contributed by atoms with Crippen molar-refractivity contribution in [3.63, 3.8) is 0 Å². The number of ketones is 1. The maximum Gasteiger partial charge on any atom is 0.296 e. The van der Waals surface area contributed by atoms with Crippen LogP contribution in [0.5, 0.6) is 0 Å². The highest BCUT2D eigenvalue weighted by molar-refractivity contribution is 6.43. The molecule has 0 spiro atoms. The van der Waals surface area contributed by atoms with E-state index in [1.807, 2.05) is 50.2 Å². The number of aromatic nitrogens is 1. The first-order chi connectivity index (χ1) is 12.1. The van der Waals surface area contributed by atoms with E-state index in [1.165, 1.54) is 4.90 Å². The number of benzene rings is 1. The number of pyridine rings is 1. The molecule has 0 aliphatic heterocycles. The van der Waals surface area contributed by atoms with Crippen LogP contribution in [0.3, 0.4) is 0 Å². The molecule has 0 aliphatic rings. The molecule has 0 N–H and O–H groups in total. The number of fused-ring (bicyclic) bond motifs is 1. The zero-order chi connectivity index (χ0) is 18.0. The van der Waals surface area contributed by atoms with Crippen molar-refractivity contribution >= 4 is 28.8 Å². The average molecular weight is 355 g/mol. The number of rotatable bonds is 5. The van der Waals surface area contributed by atoms with Crippen LogP contribution in [0.4, 0.5) is 0 Å². The molecule has 2 heterocycles. The highest BCUT2D eigenvalue weighted by atomic mass is 35.5. The van der Waals surface area contributed by atoms with E-state index >= 15 is 0 Å². The Labute approximate surface area is 151 Å².